The second-order valence-electron chi connectivity index (χ2n) is 13.7. The molecule has 13 heteroatoms. The number of rotatable bonds is 37. The summed E-state index contributed by atoms with van der Waals surface area (Å²) in [5, 5.41) is 38.3. The van der Waals surface area contributed by atoms with Crippen LogP contribution >= 0.6 is 7.82 Å². The van der Waals surface area contributed by atoms with Gasteiger partial charge >= 0.3 is 19.8 Å². The molecule has 0 aliphatic carbocycles. The van der Waals surface area contributed by atoms with Crippen LogP contribution in [0.15, 0.2) is 85.1 Å². The van der Waals surface area contributed by atoms with Crippen LogP contribution in [-0.4, -0.2) is 88.1 Å². The van der Waals surface area contributed by atoms with Crippen molar-refractivity contribution >= 4 is 19.8 Å². The summed E-state index contributed by atoms with van der Waals surface area (Å²) in [5.41, 5.74) is 0. The highest BCUT2D eigenvalue weighted by atomic mass is 31.2. The largest absolute Gasteiger partial charge is 0.472 e. The molecule has 0 spiro atoms. The first-order valence-corrected chi connectivity index (χ1v) is 22.3. The van der Waals surface area contributed by atoms with Gasteiger partial charge in [0.25, 0.3) is 0 Å². The Morgan fingerprint density at radius 2 is 1.25 bits per heavy atom. The molecule has 0 aromatic rings. The zero-order valence-electron chi connectivity index (χ0n) is 34.5. The molecule has 5 atom stereocenters. The number of carbonyl (C=O) groups is 2. The quantitative estimate of drug-likeness (QED) is 0.0132. The van der Waals surface area contributed by atoms with Gasteiger partial charge in [0.15, 0.2) is 6.10 Å². The van der Waals surface area contributed by atoms with E-state index >= 15 is 0 Å². The Labute approximate surface area is 342 Å². The summed E-state index contributed by atoms with van der Waals surface area (Å²) in [6.07, 6.45) is 37.7. The van der Waals surface area contributed by atoms with Crippen molar-refractivity contribution in [1.82, 2.24) is 0 Å². The minimum Gasteiger partial charge on any atom is -0.462 e. The zero-order valence-corrected chi connectivity index (χ0v) is 35.4. The molecular formula is C44H73O12P. The molecule has 0 bridgehead atoms. The van der Waals surface area contributed by atoms with E-state index in [4.69, 9.17) is 19.1 Å². The fourth-order valence-electron chi connectivity index (χ4n) is 4.96. The highest BCUT2D eigenvalue weighted by Crippen LogP contribution is 2.43. The molecule has 326 valence electrons. The summed E-state index contributed by atoms with van der Waals surface area (Å²) in [4.78, 5) is 34.9. The molecule has 0 saturated heterocycles. The van der Waals surface area contributed by atoms with Crippen molar-refractivity contribution in [2.45, 2.75) is 154 Å². The highest BCUT2D eigenvalue weighted by Gasteiger charge is 2.27. The summed E-state index contributed by atoms with van der Waals surface area (Å²) in [7, 11) is -4.67. The number of phosphoric acid groups is 1. The molecule has 0 aliphatic rings. The van der Waals surface area contributed by atoms with Crippen molar-refractivity contribution in [2.75, 3.05) is 26.4 Å². The standard InChI is InChI=1S/C44H73O12P/c1-3-5-7-8-9-10-11-12-13-14-18-21-27-34-44(50)56-42(38-55-57(51,52)54-36-41(48)35-45)37-53-43(49)33-28-22-26-32-40(47)31-25-20-17-15-16-19-24-30-39(46)29-23-6-4-2/h6,10-11,16-17,19-20,23-26,30-32,39-42,45-48H,3-5,7-9,12-15,18,21-22,27-29,33-38H2,1-2H3,(H,51,52)/b11-10-,19-16-,20-17-,23-6-,30-24+,31-25+,32-26-/t39-,40-,41+,42-/m1/s1. The summed E-state index contributed by atoms with van der Waals surface area (Å²) >= 11 is 0. The van der Waals surface area contributed by atoms with Gasteiger partial charge in [-0.2, -0.15) is 0 Å². The fraction of sp³-hybridized carbons (Fsp3) is 0.636. The van der Waals surface area contributed by atoms with Crippen molar-refractivity contribution in [3.05, 3.63) is 85.1 Å². The van der Waals surface area contributed by atoms with Crippen molar-refractivity contribution in [3.8, 4) is 0 Å². The Bertz CT molecular complexity index is 1260. The van der Waals surface area contributed by atoms with Gasteiger partial charge in [0.2, 0.25) is 0 Å². The van der Waals surface area contributed by atoms with Crippen LogP contribution in [-0.2, 0) is 32.7 Å². The summed E-state index contributed by atoms with van der Waals surface area (Å²) < 4.78 is 32.5. The predicted molar refractivity (Wildman–Crippen MR) is 226 cm³/mol. The lowest BCUT2D eigenvalue weighted by molar-refractivity contribution is -0.161. The van der Waals surface area contributed by atoms with E-state index < -0.39 is 70.6 Å². The number of esters is 2. The number of aliphatic hydroxyl groups is 4. The monoisotopic (exact) mass is 824 g/mol. The van der Waals surface area contributed by atoms with Gasteiger partial charge in [-0.1, -0.05) is 137 Å². The first kappa shape index (κ1) is 54.1. The van der Waals surface area contributed by atoms with Gasteiger partial charge in [0.1, 0.15) is 12.7 Å². The molecule has 0 fully saturated rings. The van der Waals surface area contributed by atoms with E-state index in [9.17, 15) is 34.4 Å². The summed E-state index contributed by atoms with van der Waals surface area (Å²) in [6, 6.07) is 0. The first-order valence-electron chi connectivity index (χ1n) is 20.8. The van der Waals surface area contributed by atoms with Crippen LogP contribution in [0.2, 0.25) is 0 Å². The topological polar surface area (TPSA) is 189 Å². The Morgan fingerprint density at radius 1 is 0.632 bits per heavy atom. The van der Waals surface area contributed by atoms with Crippen LogP contribution < -0.4 is 0 Å². The number of phosphoric ester groups is 1. The lowest BCUT2D eigenvalue weighted by atomic mass is 10.1. The molecular weight excluding hydrogens is 751 g/mol. The van der Waals surface area contributed by atoms with Gasteiger partial charge in [0.05, 0.1) is 32.0 Å². The van der Waals surface area contributed by atoms with E-state index in [1.807, 2.05) is 49.5 Å². The van der Waals surface area contributed by atoms with Gasteiger partial charge in [-0.05, 0) is 64.2 Å². The third kappa shape index (κ3) is 38.4. The van der Waals surface area contributed by atoms with Crippen molar-refractivity contribution in [3.63, 3.8) is 0 Å². The average Bonchev–Trinajstić information content (AvgIpc) is 3.19. The number of carbonyl (C=O) groups excluding carboxylic acids is 2. The second-order valence-corrected chi connectivity index (χ2v) is 15.1. The van der Waals surface area contributed by atoms with Crippen LogP contribution in [0, 0.1) is 0 Å². The average molecular weight is 825 g/mol. The predicted octanol–water partition coefficient (Wildman–Crippen LogP) is 8.61. The second kappa shape index (κ2) is 38.6. The maximum absolute atomic E-state index is 12.6. The minimum atomic E-state index is -4.67. The first-order chi connectivity index (χ1) is 27.5. The van der Waals surface area contributed by atoms with Gasteiger partial charge < -0.3 is 34.8 Å². The Balaban J connectivity index is 4.60. The third-order valence-electron chi connectivity index (χ3n) is 8.21. The third-order valence-corrected chi connectivity index (χ3v) is 9.16. The fourth-order valence-corrected chi connectivity index (χ4v) is 5.75. The summed E-state index contributed by atoms with van der Waals surface area (Å²) in [6.45, 7) is 1.91. The smallest absolute Gasteiger partial charge is 0.462 e. The lowest BCUT2D eigenvalue weighted by Gasteiger charge is -2.20. The van der Waals surface area contributed by atoms with Crippen molar-refractivity contribution < 1.29 is 58.0 Å². The molecule has 0 aliphatic heterocycles. The summed E-state index contributed by atoms with van der Waals surface area (Å²) in [5.74, 6) is -1.13. The van der Waals surface area contributed by atoms with Gasteiger partial charge in [0, 0.05) is 12.8 Å². The van der Waals surface area contributed by atoms with Crippen LogP contribution in [0.3, 0.4) is 0 Å². The van der Waals surface area contributed by atoms with Crippen LogP contribution in [0.1, 0.15) is 129 Å². The molecule has 0 heterocycles. The van der Waals surface area contributed by atoms with E-state index in [-0.39, 0.29) is 12.8 Å². The highest BCUT2D eigenvalue weighted by molar-refractivity contribution is 7.47. The number of allylic oxidation sites excluding steroid dienone is 10. The van der Waals surface area contributed by atoms with Crippen molar-refractivity contribution in [1.29, 1.82) is 0 Å². The molecule has 1 unspecified atom stereocenters. The number of hydrogen-bond acceptors (Lipinski definition) is 11. The molecule has 0 aromatic carbocycles. The normalized spacial score (nSPS) is 15.8. The van der Waals surface area contributed by atoms with Crippen LogP contribution in [0.5, 0.6) is 0 Å². The Kier molecular flexibility index (Phi) is 36.6. The van der Waals surface area contributed by atoms with Gasteiger partial charge in [-0.3, -0.25) is 18.6 Å². The number of aliphatic hydroxyl groups excluding tert-OH is 4. The molecule has 5 N–H and O–H groups in total. The minimum absolute atomic E-state index is 0.0491. The molecule has 0 amide bonds. The van der Waals surface area contributed by atoms with Gasteiger partial charge in [-0.15, -0.1) is 0 Å². The number of hydrogen-bond donors (Lipinski definition) is 5. The molecule has 12 nitrogen and oxygen atoms in total. The van der Waals surface area contributed by atoms with E-state index in [2.05, 4.69) is 23.6 Å². The SMILES string of the molecule is CC/C=C\C[C@@H](O)/C=C/C=C\C/C=C\C=C\[C@@H](O)/C=C\CCCC(=O)OC[C@H](COP(=O)(O)OC[C@@H](O)CO)OC(=O)CCCCCCC/C=C\CCCCCC. The van der Waals surface area contributed by atoms with Crippen molar-refractivity contribution in [2.24, 2.45) is 0 Å². The molecule has 0 aromatic heterocycles. The number of unbranched alkanes of at least 4 members (excludes halogenated alkanes) is 10. The van der Waals surface area contributed by atoms with E-state index in [0.717, 1.165) is 44.9 Å². The van der Waals surface area contributed by atoms with E-state index in [0.29, 0.717) is 32.1 Å². The Hall–Kier alpha value is -2.93. The van der Waals surface area contributed by atoms with Crippen LogP contribution in [0.4, 0.5) is 0 Å². The molecule has 0 saturated carbocycles. The van der Waals surface area contributed by atoms with Crippen LogP contribution in [0.25, 0.3) is 0 Å². The maximum atomic E-state index is 12.6. The molecule has 57 heavy (non-hydrogen) atoms. The Morgan fingerprint density at radius 3 is 1.93 bits per heavy atom. The maximum Gasteiger partial charge on any atom is 0.472 e. The zero-order chi connectivity index (χ0) is 42.2. The lowest BCUT2D eigenvalue weighted by Crippen LogP contribution is -2.29. The molecule has 0 rings (SSSR count). The van der Waals surface area contributed by atoms with Gasteiger partial charge in [-0.25, -0.2) is 4.57 Å². The molecule has 0 radical (unpaired) electrons. The van der Waals surface area contributed by atoms with E-state index in [1.54, 1.807) is 30.4 Å². The van der Waals surface area contributed by atoms with E-state index in [1.165, 1.54) is 25.7 Å². The number of ether oxygens (including phenoxy) is 2.